The second-order valence-electron chi connectivity index (χ2n) is 12.6. The molecule has 2 N–H and O–H groups in total. The summed E-state index contributed by atoms with van der Waals surface area (Å²) in [5.41, 5.74) is 8.33. The number of pyridine rings is 1. The van der Waals surface area contributed by atoms with Crippen LogP contribution >= 0.6 is 0 Å². The van der Waals surface area contributed by atoms with E-state index in [1.807, 2.05) is 65.4 Å². The summed E-state index contributed by atoms with van der Waals surface area (Å²) in [6.45, 7) is 4.30. The second-order valence-corrected chi connectivity index (χ2v) is 12.6. The van der Waals surface area contributed by atoms with Crippen LogP contribution in [-0.2, 0) is 24.1 Å². The Morgan fingerprint density at radius 2 is 1.60 bits per heavy atom. The van der Waals surface area contributed by atoms with Crippen molar-refractivity contribution in [2.75, 3.05) is 48.4 Å². The molecule has 252 valence electrons. The Balaban J connectivity index is 0.973. The second kappa shape index (κ2) is 13.6. The summed E-state index contributed by atoms with van der Waals surface area (Å²) in [6, 6.07) is 25.5. The number of rotatable bonds is 9. The van der Waals surface area contributed by atoms with Gasteiger partial charge >= 0.3 is 0 Å². The number of benzene rings is 4. The number of morpholine rings is 1. The van der Waals surface area contributed by atoms with Crippen LogP contribution in [-0.4, -0.2) is 48.4 Å². The van der Waals surface area contributed by atoms with Crippen LogP contribution in [0.1, 0.15) is 21.5 Å². The summed E-state index contributed by atoms with van der Waals surface area (Å²) in [6.07, 6.45) is 6.70. The SMILES string of the molecule is O=C1Nc2cc(CCOc3ccc(N4CCOCC4)cc3)ccc2Nc2cc(-c3cn(CCc4cc(F)cc(F)c4)c4cnccc34)ccc21. The Labute approximate surface area is 288 Å². The van der Waals surface area contributed by atoms with Crippen molar-refractivity contribution in [3.8, 4) is 16.9 Å². The van der Waals surface area contributed by atoms with Crippen LogP contribution in [0.4, 0.5) is 31.5 Å². The summed E-state index contributed by atoms with van der Waals surface area (Å²) >= 11 is 0. The number of hydrogen-bond donors (Lipinski definition) is 2. The molecule has 6 aromatic rings. The Morgan fingerprint density at radius 1 is 0.780 bits per heavy atom. The molecule has 1 saturated heterocycles. The Bertz CT molecular complexity index is 2170. The molecule has 10 heteroatoms. The van der Waals surface area contributed by atoms with Crippen molar-refractivity contribution >= 4 is 39.6 Å². The number of nitrogens with zero attached hydrogens (tertiary/aromatic N) is 3. The first-order chi connectivity index (χ1) is 24.5. The first kappa shape index (κ1) is 31.5. The predicted octanol–water partition coefficient (Wildman–Crippen LogP) is 7.99. The van der Waals surface area contributed by atoms with Gasteiger partial charge in [-0.15, -0.1) is 0 Å². The lowest BCUT2D eigenvalue weighted by molar-refractivity contribution is 0.102. The first-order valence-electron chi connectivity index (χ1n) is 16.8. The fraction of sp³-hybridized carbons (Fsp3) is 0.200. The molecule has 2 aliphatic heterocycles. The fourth-order valence-electron chi connectivity index (χ4n) is 6.73. The monoisotopic (exact) mass is 671 g/mol. The van der Waals surface area contributed by atoms with Crippen LogP contribution in [0.2, 0.25) is 0 Å². The number of hydrogen-bond acceptors (Lipinski definition) is 6. The van der Waals surface area contributed by atoms with Crippen molar-refractivity contribution in [2.24, 2.45) is 0 Å². The molecular formula is C40H35F2N5O3. The van der Waals surface area contributed by atoms with Gasteiger partial charge in [-0.25, -0.2) is 8.78 Å². The van der Waals surface area contributed by atoms with Gasteiger partial charge in [0.15, 0.2) is 0 Å². The van der Waals surface area contributed by atoms with Crippen LogP contribution in [0.3, 0.4) is 0 Å². The molecule has 50 heavy (non-hydrogen) atoms. The Morgan fingerprint density at radius 3 is 2.42 bits per heavy atom. The van der Waals surface area contributed by atoms with Crippen LogP contribution in [0.25, 0.3) is 22.0 Å². The molecule has 4 heterocycles. The lowest BCUT2D eigenvalue weighted by Gasteiger charge is -2.28. The van der Waals surface area contributed by atoms with Gasteiger partial charge < -0.3 is 29.6 Å². The zero-order chi connectivity index (χ0) is 34.0. The summed E-state index contributed by atoms with van der Waals surface area (Å²) in [5.74, 6) is -0.552. The Hall–Kier alpha value is -5.74. The molecule has 0 unspecified atom stereocenters. The highest BCUT2D eigenvalue weighted by Gasteiger charge is 2.21. The average molecular weight is 672 g/mol. The van der Waals surface area contributed by atoms with Crippen molar-refractivity contribution in [1.82, 2.24) is 9.55 Å². The molecule has 8 rings (SSSR count). The maximum atomic E-state index is 13.8. The van der Waals surface area contributed by atoms with Crippen LogP contribution in [0, 0.1) is 11.6 Å². The van der Waals surface area contributed by atoms with E-state index in [-0.39, 0.29) is 5.91 Å². The number of carbonyl (C=O) groups excluding carboxylic acids is 1. The minimum absolute atomic E-state index is 0.194. The third kappa shape index (κ3) is 6.62. The number of ether oxygens (including phenoxy) is 2. The smallest absolute Gasteiger partial charge is 0.257 e. The van der Waals surface area contributed by atoms with Crippen molar-refractivity contribution in [3.05, 3.63) is 132 Å². The normalized spacial score (nSPS) is 14.0. The third-order valence-electron chi connectivity index (χ3n) is 9.30. The molecule has 0 bridgehead atoms. The van der Waals surface area contributed by atoms with E-state index in [9.17, 15) is 13.6 Å². The van der Waals surface area contributed by atoms with E-state index < -0.39 is 11.6 Å². The van der Waals surface area contributed by atoms with Gasteiger partial charge in [0.25, 0.3) is 5.91 Å². The molecule has 0 atom stereocenters. The summed E-state index contributed by atoms with van der Waals surface area (Å²) in [5, 5.41) is 7.55. The average Bonchev–Trinajstić information content (AvgIpc) is 3.43. The molecule has 1 amide bonds. The molecule has 4 aromatic carbocycles. The van der Waals surface area contributed by atoms with Crippen molar-refractivity contribution in [2.45, 2.75) is 19.4 Å². The zero-order valence-corrected chi connectivity index (χ0v) is 27.3. The number of anilines is 4. The van der Waals surface area contributed by atoms with Gasteiger partial charge in [-0.3, -0.25) is 9.78 Å². The van der Waals surface area contributed by atoms with Crippen molar-refractivity contribution < 1.29 is 23.0 Å². The molecule has 0 spiro atoms. The van der Waals surface area contributed by atoms with Crippen LogP contribution in [0.15, 0.2) is 104 Å². The topological polar surface area (TPSA) is 80.6 Å². The van der Waals surface area contributed by atoms with E-state index in [4.69, 9.17) is 9.47 Å². The van der Waals surface area contributed by atoms with Crippen molar-refractivity contribution in [3.63, 3.8) is 0 Å². The van der Waals surface area contributed by atoms with E-state index >= 15 is 0 Å². The number of aromatic nitrogens is 2. The molecule has 0 radical (unpaired) electrons. The highest BCUT2D eigenvalue weighted by atomic mass is 19.1. The number of carbonyl (C=O) groups is 1. The summed E-state index contributed by atoms with van der Waals surface area (Å²) < 4.78 is 41.2. The lowest BCUT2D eigenvalue weighted by atomic mass is 10.0. The number of halogens is 2. The first-order valence-corrected chi connectivity index (χ1v) is 16.8. The molecule has 1 fully saturated rings. The molecule has 0 saturated carbocycles. The molecule has 0 aliphatic carbocycles. The maximum absolute atomic E-state index is 13.8. The van der Waals surface area contributed by atoms with E-state index in [2.05, 4.69) is 32.7 Å². The number of aryl methyl sites for hydroxylation is 2. The van der Waals surface area contributed by atoms with Gasteiger partial charge in [0.2, 0.25) is 0 Å². The minimum Gasteiger partial charge on any atom is -0.493 e. The fourth-order valence-corrected chi connectivity index (χ4v) is 6.73. The highest BCUT2D eigenvalue weighted by Crippen LogP contribution is 2.37. The zero-order valence-electron chi connectivity index (χ0n) is 27.3. The Kier molecular flexibility index (Phi) is 8.60. The van der Waals surface area contributed by atoms with Gasteiger partial charge in [-0.05, 0) is 89.8 Å². The van der Waals surface area contributed by atoms with E-state index in [0.717, 1.165) is 71.4 Å². The standard InChI is InChI=1S/C40H35F2N5O3/c41-29-19-27(20-30(42)23-29)10-13-47-25-35(33-9-12-43-24-39(33)47)28-2-7-34-37(22-28)44-36-8-1-26(21-38(36)45-40(34)48)11-16-50-32-5-3-31(4-6-32)46-14-17-49-18-15-46/h1-9,12,19-25,44H,10-11,13-18H2,(H,45,48). The maximum Gasteiger partial charge on any atom is 0.257 e. The molecule has 2 aromatic heterocycles. The summed E-state index contributed by atoms with van der Waals surface area (Å²) in [7, 11) is 0. The number of nitrogens with one attached hydrogen (secondary N) is 2. The van der Waals surface area contributed by atoms with E-state index in [1.165, 1.54) is 17.8 Å². The van der Waals surface area contributed by atoms with Gasteiger partial charge in [0, 0.05) is 61.2 Å². The van der Waals surface area contributed by atoms with Crippen LogP contribution < -0.4 is 20.3 Å². The minimum atomic E-state index is -0.588. The van der Waals surface area contributed by atoms with Gasteiger partial charge in [-0.1, -0.05) is 12.1 Å². The highest BCUT2D eigenvalue weighted by molar-refractivity contribution is 6.13. The molecule has 8 nitrogen and oxygen atoms in total. The van der Waals surface area contributed by atoms with Gasteiger partial charge in [0.1, 0.15) is 17.4 Å². The lowest BCUT2D eigenvalue weighted by Crippen LogP contribution is -2.36. The number of amides is 1. The van der Waals surface area contributed by atoms with Gasteiger partial charge in [0.05, 0.1) is 54.2 Å². The largest absolute Gasteiger partial charge is 0.493 e. The summed E-state index contributed by atoms with van der Waals surface area (Å²) in [4.78, 5) is 20.0. The predicted molar refractivity (Wildman–Crippen MR) is 192 cm³/mol. The third-order valence-corrected chi connectivity index (χ3v) is 9.30. The van der Waals surface area contributed by atoms with Gasteiger partial charge in [-0.2, -0.15) is 0 Å². The molecule has 2 aliphatic rings. The van der Waals surface area contributed by atoms with E-state index in [0.29, 0.717) is 48.5 Å². The quantitative estimate of drug-likeness (QED) is 0.162. The van der Waals surface area contributed by atoms with Crippen LogP contribution in [0.5, 0.6) is 5.75 Å². The van der Waals surface area contributed by atoms with E-state index in [1.54, 1.807) is 12.4 Å². The number of fused-ring (bicyclic) bond motifs is 3. The molecular weight excluding hydrogens is 636 g/mol. The van der Waals surface area contributed by atoms with Crippen molar-refractivity contribution in [1.29, 1.82) is 0 Å².